The average molecular weight is 365 g/mol. The van der Waals surface area contributed by atoms with E-state index in [0.717, 1.165) is 11.3 Å². The van der Waals surface area contributed by atoms with E-state index in [4.69, 9.17) is 4.74 Å². The van der Waals surface area contributed by atoms with Crippen LogP contribution in [0.15, 0.2) is 64.8 Å². The predicted octanol–water partition coefficient (Wildman–Crippen LogP) is 2.80. The number of rotatable bonds is 5. The zero-order valence-electron chi connectivity index (χ0n) is 13.9. The quantitative estimate of drug-likeness (QED) is 0.432. The number of fused-ring (bicyclic) bond motifs is 1. The Morgan fingerprint density at radius 2 is 2.08 bits per heavy atom. The molecule has 0 unspecified atom stereocenters. The molecule has 1 N–H and O–H groups in total. The largest absolute Gasteiger partial charge is 0.497 e. The van der Waals surface area contributed by atoms with E-state index in [-0.39, 0.29) is 5.56 Å². The molecule has 2 aromatic carbocycles. The molecule has 0 fully saturated rings. The lowest BCUT2D eigenvalue weighted by molar-refractivity contribution is 0.414. The van der Waals surface area contributed by atoms with Gasteiger partial charge >= 0.3 is 0 Å². The molecule has 130 valence electrons. The predicted molar refractivity (Wildman–Crippen MR) is 99.8 cm³/mol. The Bertz CT molecular complexity index is 1110. The third-order valence-corrected chi connectivity index (χ3v) is 4.87. The van der Waals surface area contributed by atoms with Gasteiger partial charge in [0.1, 0.15) is 12.1 Å². The Morgan fingerprint density at radius 1 is 1.19 bits per heavy atom. The minimum Gasteiger partial charge on any atom is -0.497 e. The van der Waals surface area contributed by atoms with E-state index < -0.39 is 0 Å². The van der Waals surface area contributed by atoms with Crippen LogP contribution in [0.2, 0.25) is 0 Å². The lowest BCUT2D eigenvalue weighted by Gasteiger charge is -2.11. The number of thioether (sulfide) groups is 1. The molecule has 2 aromatic heterocycles. The van der Waals surface area contributed by atoms with Gasteiger partial charge in [-0.15, -0.1) is 0 Å². The summed E-state index contributed by atoms with van der Waals surface area (Å²) >= 11 is 1.46. The molecule has 0 aliphatic heterocycles. The fraction of sp³-hybridized carbons (Fsp3) is 0.111. The van der Waals surface area contributed by atoms with Gasteiger partial charge in [0.15, 0.2) is 5.16 Å². The molecular weight excluding hydrogens is 350 g/mol. The Morgan fingerprint density at radius 3 is 2.88 bits per heavy atom. The molecule has 0 aliphatic carbocycles. The van der Waals surface area contributed by atoms with Crippen molar-refractivity contribution in [3.63, 3.8) is 0 Å². The van der Waals surface area contributed by atoms with E-state index in [1.807, 2.05) is 42.5 Å². The van der Waals surface area contributed by atoms with Crippen molar-refractivity contribution < 1.29 is 4.74 Å². The summed E-state index contributed by atoms with van der Waals surface area (Å²) in [5.74, 6) is 1.78. The van der Waals surface area contributed by atoms with Crippen LogP contribution < -0.4 is 10.3 Å². The molecule has 0 atom stereocenters. The van der Waals surface area contributed by atoms with Crippen molar-refractivity contribution in [3.8, 4) is 11.7 Å². The zero-order valence-corrected chi connectivity index (χ0v) is 14.7. The zero-order chi connectivity index (χ0) is 17.9. The van der Waals surface area contributed by atoms with Crippen LogP contribution in [0.3, 0.4) is 0 Å². The first-order chi connectivity index (χ1) is 12.8. The standard InChI is InChI=1S/C18H15N5O2S/c1-25-13-6-4-5-12(9-13)10-26-18-21-15-8-3-2-7-14(15)16(24)23(18)17-19-11-20-22-17/h2-9,11H,10H2,1H3,(H,19,20,22). The van der Waals surface area contributed by atoms with Crippen LogP contribution in [0.4, 0.5) is 0 Å². The topological polar surface area (TPSA) is 85.7 Å². The number of ether oxygens (including phenoxy) is 1. The van der Waals surface area contributed by atoms with Gasteiger partial charge in [0.05, 0.1) is 18.0 Å². The molecule has 8 heteroatoms. The Labute approximate surface area is 153 Å². The summed E-state index contributed by atoms with van der Waals surface area (Å²) in [6.07, 6.45) is 1.37. The first kappa shape index (κ1) is 16.3. The molecule has 26 heavy (non-hydrogen) atoms. The van der Waals surface area contributed by atoms with Crippen LogP contribution >= 0.6 is 11.8 Å². The number of aromatic nitrogens is 5. The molecule has 0 saturated heterocycles. The molecular formula is C18H15N5O2S. The molecule has 0 bridgehead atoms. The summed E-state index contributed by atoms with van der Waals surface area (Å²) in [5.41, 5.74) is 1.54. The van der Waals surface area contributed by atoms with Crippen LogP contribution in [-0.2, 0) is 5.75 Å². The molecule has 4 aromatic rings. The normalized spacial score (nSPS) is 11.0. The lowest BCUT2D eigenvalue weighted by Crippen LogP contribution is -2.22. The van der Waals surface area contributed by atoms with Crippen molar-refractivity contribution in [2.75, 3.05) is 7.11 Å². The van der Waals surface area contributed by atoms with Crippen LogP contribution in [0.1, 0.15) is 5.56 Å². The van der Waals surface area contributed by atoms with Gasteiger partial charge in [0.25, 0.3) is 5.56 Å². The summed E-state index contributed by atoms with van der Waals surface area (Å²) in [6.45, 7) is 0. The average Bonchev–Trinajstić information content (AvgIpc) is 3.21. The van der Waals surface area contributed by atoms with Crippen molar-refractivity contribution >= 4 is 22.7 Å². The summed E-state index contributed by atoms with van der Waals surface area (Å²) in [7, 11) is 1.64. The van der Waals surface area contributed by atoms with E-state index in [0.29, 0.717) is 27.8 Å². The SMILES string of the molecule is COc1cccc(CSc2nc3ccccc3c(=O)n2-c2ncn[nH]2)c1. The van der Waals surface area contributed by atoms with Gasteiger partial charge in [-0.05, 0) is 29.8 Å². The molecule has 0 amide bonds. The van der Waals surface area contributed by atoms with Gasteiger partial charge in [-0.1, -0.05) is 36.0 Å². The molecule has 4 rings (SSSR count). The van der Waals surface area contributed by atoms with Crippen LogP contribution in [0.25, 0.3) is 16.9 Å². The van der Waals surface area contributed by atoms with Gasteiger partial charge in [-0.2, -0.15) is 10.1 Å². The maximum Gasteiger partial charge on any atom is 0.269 e. The molecule has 0 saturated carbocycles. The van der Waals surface area contributed by atoms with Gasteiger partial charge in [-0.3, -0.25) is 4.79 Å². The number of H-pyrrole nitrogens is 1. The van der Waals surface area contributed by atoms with Gasteiger partial charge in [-0.25, -0.2) is 14.6 Å². The van der Waals surface area contributed by atoms with E-state index in [1.165, 1.54) is 22.7 Å². The molecule has 0 spiro atoms. The number of nitrogens with one attached hydrogen (secondary N) is 1. The monoisotopic (exact) mass is 365 g/mol. The molecule has 0 radical (unpaired) electrons. The van der Waals surface area contributed by atoms with Crippen molar-refractivity contribution in [3.05, 3.63) is 70.8 Å². The van der Waals surface area contributed by atoms with E-state index in [1.54, 1.807) is 13.2 Å². The third-order valence-electron chi connectivity index (χ3n) is 3.86. The lowest BCUT2D eigenvalue weighted by atomic mass is 10.2. The number of aromatic amines is 1. The fourth-order valence-corrected chi connectivity index (χ4v) is 3.55. The summed E-state index contributed by atoms with van der Waals surface area (Å²) in [4.78, 5) is 21.7. The second kappa shape index (κ2) is 7.01. The molecule has 0 aliphatic rings. The number of hydrogen-bond acceptors (Lipinski definition) is 6. The number of benzene rings is 2. The van der Waals surface area contributed by atoms with Crippen LogP contribution in [0.5, 0.6) is 5.75 Å². The fourth-order valence-electron chi connectivity index (χ4n) is 2.61. The number of para-hydroxylation sites is 1. The summed E-state index contributed by atoms with van der Waals surface area (Å²) in [6, 6.07) is 15.1. The smallest absolute Gasteiger partial charge is 0.269 e. The van der Waals surface area contributed by atoms with Gasteiger partial charge in [0.2, 0.25) is 5.95 Å². The van der Waals surface area contributed by atoms with Crippen molar-refractivity contribution in [2.45, 2.75) is 10.9 Å². The van der Waals surface area contributed by atoms with Gasteiger partial charge < -0.3 is 4.74 Å². The molecule has 7 nitrogen and oxygen atoms in total. The number of hydrogen-bond donors (Lipinski definition) is 1. The maximum absolute atomic E-state index is 13.0. The van der Waals surface area contributed by atoms with Gasteiger partial charge in [0, 0.05) is 5.75 Å². The van der Waals surface area contributed by atoms with E-state index in [9.17, 15) is 4.79 Å². The Kier molecular flexibility index (Phi) is 4.40. The minimum absolute atomic E-state index is 0.180. The highest BCUT2D eigenvalue weighted by atomic mass is 32.2. The molecule has 2 heterocycles. The van der Waals surface area contributed by atoms with Crippen LogP contribution in [-0.4, -0.2) is 31.8 Å². The van der Waals surface area contributed by atoms with Crippen LogP contribution in [0, 0.1) is 0 Å². The first-order valence-electron chi connectivity index (χ1n) is 7.89. The Hall–Kier alpha value is -3.13. The van der Waals surface area contributed by atoms with Crippen molar-refractivity contribution in [1.29, 1.82) is 0 Å². The van der Waals surface area contributed by atoms with E-state index >= 15 is 0 Å². The summed E-state index contributed by atoms with van der Waals surface area (Å²) < 4.78 is 6.72. The third kappa shape index (κ3) is 3.06. The minimum atomic E-state index is -0.180. The highest BCUT2D eigenvalue weighted by Gasteiger charge is 2.15. The van der Waals surface area contributed by atoms with E-state index in [2.05, 4.69) is 20.2 Å². The first-order valence-corrected chi connectivity index (χ1v) is 8.88. The Balaban J connectivity index is 1.78. The van der Waals surface area contributed by atoms with Crippen molar-refractivity contribution in [2.24, 2.45) is 0 Å². The number of nitrogens with zero attached hydrogens (tertiary/aromatic N) is 4. The maximum atomic E-state index is 13.0. The summed E-state index contributed by atoms with van der Waals surface area (Å²) in [5, 5.41) is 7.68. The highest BCUT2D eigenvalue weighted by molar-refractivity contribution is 7.98. The highest BCUT2D eigenvalue weighted by Crippen LogP contribution is 2.25. The second-order valence-electron chi connectivity index (χ2n) is 5.50. The van der Waals surface area contributed by atoms with Crippen molar-refractivity contribution in [1.82, 2.24) is 24.7 Å². The second-order valence-corrected chi connectivity index (χ2v) is 6.44. The number of methoxy groups -OCH3 is 1.